The van der Waals surface area contributed by atoms with Gasteiger partial charge in [0.2, 0.25) is 11.7 Å². The van der Waals surface area contributed by atoms with E-state index in [1.807, 2.05) is 54.6 Å². The molecule has 9 nitrogen and oxygen atoms in total. The molecule has 0 spiro atoms. The number of benzene rings is 2. The fraction of sp³-hybridized carbons (Fsp3) is 0.125. The molecule has 0 saturated carbocycles. The van der Waals surface area contributed by atoms with E-state index in [0.717, 1.165) is 16.7 Å². The molecule has 5 aromatic rings. The van der Waals surface area contributed by atoms with Crippen LogP contribution in [0.3, 0.4) is 0 Å². The van der Waals surface area contributed by atoms with Crippen molar-refractivity contribution in [3.63, 3.8) is 0 Å². The normalized spacial score (nSPS) is 11.1. The molecule has 9 heteroatoms. The number of aromatic nitrogens is 5. The van der Waals surface area contributed by atoms with Gasteiger partial charge in [0.25, 0.3) is 5.89 Å². The average molecular weight is 440 g/mol. The Morgan fingerprint density at radius 1 is 1.03 bits per heavy atom. The fourth-order valence-electron chi connectivity index (χ4n) is 3.51. The molecule has 0 fully saturated rings. The van der Waals surface area contributed by atoms with Crippen molar-refractivity contribution in [3.8, 4) is 22.8 Å². The van der Waals surface area contributed by atoms with Crippen LogP contribution >= 0.6 is 0 Å². The molecule has 3 aromatic heterocycles. The molecule has 1 N–H and O–H groups in total. The van der Waals surface area contributed by atoms with Crippen molar-refractivity contribution < 1.29 is 9.32 Å². The van der Waals surface area contributed by atoms with Gasteiger partial charge in [0, 0.05) is 17.4 Å². The molecular formula is C24H20N6O3. The smallest absolute Gasteiger partial charge is 0.333 e. The summed E-state index contributed by atoms with van der Waals surface area (Å²) in [7, 11) is 0. The minimum atomic E-state index is -0.439. The first kappa shape index (κ1) is 20.4. The van der Waals surface area contributed by atoms with Crippen LogP contribution < -0.4 is 11.0 Å². The second kappa shape index (κ2) is 8.54. The summed E-state index contributed by atoms with van der Waals surface area (Å²) >= 11 is 0. The van der Waals surface area contributed by atoms with Crippen molar-refractivity contribution in [1.82, 2.24) is 24.3 Å². The van der Waals surface area contributed by atoms with E-state index in [9.17, 15) is 9.59 Å². The van der Waals surface area contributed by atoms with Crippen LogP contribution in [0.5, 0.6) is 0 Å². The van der Waals surface area contributed by atoms with Gasteiger partial charge in [0.1, 0.15) is 6.54 Å². The molecule has 0 saturated heterocycles. The quantitative estimate of drug-likeness (QED) is 0.434. The highest BCUT2D eigenvalue weighted by molar-refractivity contribution is 5.90. The van der Waals surface area contributed by atoms with Gasteiger partial charge < -0.3 is 9.84 Å². The Morgan fingerprint density at radius 2 is 1.82 bits per heavy atom. The highest BCUT2D eigenvalue weighted by Gasteiger charge is 2.18. The van der Waals surface area contributed by atoms with E-state index < -0.39 is 5.69 Å². The van der Waals surface area contributed by atoms with Crippen molar-refractivity contribution >= 4 is 17.2 Å². The van der Waals surface area contributed by atoms with Crippen LogP contribution in [-0.4, -0.2) is 30.2 Å². The number of amides is 1. The Bertz CT molecular complexity index is 1480. The van der Waals surface area contributed by atoms with E-state index in [1.54, 1.807) is 18.3 Å². The number of carbonyl (C=O) groups is 1. The summed E-state index contributed by atoms with van der Waals surface area (Å²) in [5.41, 5.74) is 3.03. The molecular weight excluding hydrogens is 420 g/mol. The van der Waals surface area contributed by atoms with Crippen molar-refractivity contribution in [2.45, 2.75) is 19.9 Å². The Morgan fingerprint density at radius 3 is 2.58 bits per heavy atom. The third-order valence-corrected chi connectivity index (χ3v) is 5.24. The summed E-state index contributed by atoms with van der Waals surface area (Å²) in [4.78, 5) is 29.8. The van der Waals surface area contributed by atoms with E-state index in [4.69, 9.17) is 4.52 Å². The molecule has 0 unspecified atom stereocenters. The van der Waals surface area contributed by atoms with Gasteiger partial charge in [-0.2, -0.15) is 4.98 Å². The van der Waals surface area contributed by atoms with Crippen molar-refractivity contribution in [3.05, 3.63) is 89.0 Å². The molecule has 0 aliphatic rings. The third kappa shape index (κ3) is 4.03. The first-order valence-electron chi connectivity index (χ1n) is 10.5. The Labute approximate surface area is 188 Å². The number of anilines is 1. The molecule has 164 valence electrons. The molecule has 0 atom stereocenters. The number of hydrogen-bond acceptors (Lipinski definition) is 6. The maximum absolute atomic E-state index is 12.8. The zero-order chi connectivity index (χ0) is 22.8. The summed E-state index contributed by atoms with van der Waals surface area (Å²) in [6, 6.07) is 20.4. The van der Waals surface area contributed by atoms with E-state index in [0.29, 0.717) is 22.7 Å². The Hall–Kier alpha value is -4.53. The van der Waals surface area contributed by atoms with Crippen LogP contribution in [0.4, 0.5) is 5.69 Å². The Kier molecular flexibility index (Phi) is 5.27. The van der Waals surface area contributed by atoms with Gasteiger partial charge in [-0.1, -0.05) is 54.5 Å². The lowest BCUT2D eigenvalue weighted by atomic mass is 10.1. The van der Waals surface area contributed by atoms with E-state index in [2.05, 4.69) is 27.5 Å². The number of rotatable bonds is 6. The van der Waals surface area contributed by atoms with Crippen molar-refractivity contribution in [2.24, 2.45) is 0 Å². The summed E-state index contributed by atoms with van der Waals surface area (Å²) in [5.74, 6) is 0.315. The second-order valence-electron chi connectivity index (χ2n) is 7.44. The lowest BCUT2D eigenvalue weighted by molar-refractivity contribution is -0.117. The van der Waals surface area contributed by atoms with Crippen LogP contribution in [0.2, 0.25) is 0 Å². The topological polar surface area (TPSA) is 107 Å². The number of pyridine rings is 1. The van der Waals surface area contributed by atoms with Crippen molar-refractivity contribution in [2.75, 3.05) is 5.32 Å². The van der Waals surface area contributed by atoms with E-state index in [-0.39, 0.29) is 18.3 Å². The maximum atomic E-state index is 12.8. The van der Waals surface area contributed by atoms with Gasteiger partial charge in [-0.05, 0) is 36.2 Å². The van der Waals surface area contributed by atoms with Crippen LogP contribution in [-0.2, 0) is 17.8 Å². The van der Waals surface area contributed by atoms with Crippen molar-refractivity contribution in [1.29, 1.82) is 0 Å². The van der Waals surface area contributed by atoms with Crippen LogP contribution in [0.25, 0.3) is 28.5 Å². The van der Waals surface area contributed by atoms with Gasteiger partial charge in [0.05, 0.1) is 5.56 Å². The zero-order valence-electron chi connectivity index (χ0n) is 17.8. The highest BCUT2D eigenvalue weighted by Crippen LogP contribution is 2.24. The number of aryl methyl sites for hydroxylation is 1. The minimum Gasteiger partial charge on any atom is -0.333 e. The molecule has 2 aromatic carbocycles. The van der Waals surface area contributed by atoms with E-state index in [1.165, 1.54) is 9.96 Å². The van der Waals surface area contributed by atoms with Gasteiger partial charge in [-0.15, -0.1) is 5.10 Å². The largest absolute Gasteiger partial charge is 0.350 e. The van der Waals surface area contributed by atoms with Gasteiger partial charge in [-0.3, -0.25) is 4.79 Å². The molecule has 0 radical (unpaired) electrons. The lowest BCUT2D eigenvalue weighted by Crippen LogP contribution is -2.28. The summed E-state index contributed by atoms with van der Waals surface area (Å²) in [6.07, 6.45) is 2.50. The zero-order valence-corrected chi connectivity index (χ0v) is 17.8. The molecule has 5 rings (SSSR count). The monoisotopic (exact) mass is 440 g/mol. The summed E-state index contributed by atoms with van der Waals surface area (Å²) < 4.78 is 7.90. The third-order valence-electron chi connectivity index (χ3n) is 5.24. The Balaban J connectivity index is 1.42. The second-order valence-corrected chi connectivity index (χ2v) is 7.44. The molecule has 0 bridgehead atoms. The van der Waals surface area contributed by atoms with Crippen LogP contribution in [0.15, 0.2) is 82.2 Å². The van der Waals surface area contributed by atoms with Gasteiger partial charge >= 0.3 is 5.69 Å². The standard InChI is InChI=1S/C24H20N6O3/c1-2-16-10-12-18(13-11-16)25-20(31)15-30-24(32)29-14-6-9-19(22(29)27-30)23-26-21(28-33-23)17-7-4-3-5-8-17/h3-14H,2,15H2,1H3,(H,25,31). The lowest BCUT2D eigenvalue weighted by Gasteiger charge is -2.05. The molecule has 3 heterocycles. The van der Waals surface area contributed by atoms with Gasteiger partial charge in [-0.25, -0.2) is 13.9 Å². The van der Waals surface area contributed by atoms with Crippen LogP contribution in [0, 0.1) is 0 Å². The fourth-order valence-corrected chi connectivity index (χ4v) is 3.51. The predicted octanol–water partition coefficient (Wildman–Crippen LogP) is 3.41. The maximum Gasteiger partial charge on any atom is 0.350 e. The minimum absolute atomic E-state index is 0.228. The number of nitrogens with one attached hydrogen (secondary N) is 1. The number of carbonyl (C=O) groups excluding carboxylic acids is 1. The van der Waals surface area contributed by atoms with E-state index >= 15 is 0 Å². The summed E-state index contributed by atoms with van der Waals surface area (Å²) in [5, 5.41) is 11.2. The average Bonchev–Trinajstić information content (AvgIpc) is 3.46. The first-order chi connectivity index (χ1) is 16.1. The number of nitrogens with zero attached hydrogens (tertiary/aromatic N) is 5. The highest BCUT2D eigenvalue weighted by atomic mass is 16.5. The molecule has 0 aliphatic heterocycles. The predicted molar refractivity (Wildman–Crippen MR) is 123 cm³/mol. The van der Waals surface area contributed by atoms with Gasteiger partial charge in [0.15, 0.2) is 5.65 Å². The van der Waals surface area contributed by atoms with Crippen LogP contribution in [0.1, 0.15) is 12.5 Å². The first-order valence-corrected chi connectivity index (χ1v) is 10.5. The SMILES string of the molecule is CCc1ccc(NC(=O)Cn2nc3c(-c4nc(-c5ccccc5)no4)cccn3c2=O)cc1. The molecule has 1 amide bonds. The summed E-state index contributed by atoms with van der Waals surface area (Å²) in [6.45, 7) is 1.84. The number of hydrogen-bond donors (Lipinski definition) is 1. The number of fused-ring (bicyclic) bond motifs is 1. The molecule has 33 heavy (non-hydrogen) atoms. The molecule has 0 aliphatic carbocycles.